The number of halogens is 2. The molecule has 8 heteroatoms. The number of aromatic nitrogens is 4. The van der Waals surface area contributed by atoms with Crippen LogP contribution in [0.2, 0.25) is 0 Å². The molecule has 0 saturated heterocycles. The molecule has 3 aromatic rings. The molecule has 2 N–H and O–H groups in total. The first-order valence-corrected chi connectivity index (χ1v) is 9.06. The Morgan fingerprint density at radius 2 is 2.07 bits per heavy atom. The molecular formula is C19H21F2N5O. The third-order valence-electron chi connectivity index (χ3n) is 4.92. The number of rotatable bonds is 6. The number of benzene rings is 1. The molecule has 4 atom stereocenters. The van der Waals surface area contributed by atoms with Crippen molar-refractivity contribution in [1.29, 1.82) is 0 Å². The maximum atomic E-state index is 14.6. The number of H-pyrrole nitrogens is 1. The lowest BCUT2D eigenvalue weighted by Gasteiger charge is -2.32. The van der Waals surface area contributed by atoms with Crippen LogP contribution in [0.25, 0.3) is 11.0 Å². The van der Waals surface area contributed by atoms with Gasteiger partial charge in [-0.15, -0.1) is 0 Å². The second-order valence-electron chi connectivity index (χ2n) is 6.77. The summed E-state index contributed by atoms with van der Waals surface area (Å²) in [6, 6.07) is 8.74. The van der Waals surface area contributed by atoms with Crippen molar-refractivity contribution in [2.75, 3.05) is 11.9 Å². The Balaban J connectivity index is 1.31. The molecule has 1 fully saturated rings. The van der Waals surface area contributed by atoms with Crippen molar-refractivity contribution in [2.24, 2.45) is 0 Å². The molecule has 1 aliphatic carbocycles. The fourth-order valence-corrected chi connectivity index (χ4v) is 3.45. The number of aromatic amines is 1. The highest BCUT2D eigenvalue weighted by Gasteiger charge is 2.32. The molecule has 0 unspecified atom stereocenters. The lowest BCUT2D eigenvalue weighted by molar-refractivity contribution is -0.0455. The van der Waals surface area contributed by atoms with E-state index in [0.717, 1.165) is 11.8 Å². The van der Waals surface area contributed by atoms with Crippen molar-refractivity contribution < 1.29 is 13.5 Å². The number of ether oxygens (including phenoxy) is 1. The minimum atomic E-state index is -1.25. The monoisotopic (exact) mass is 373 g/mol. The first-order valence-electron chi connectivity index (χ1n) is 9.06. The zero-order valence-electron chi connectivity index (χ0n) is 14.7. The van der Waals surface area contributed by atoms with E-state index in [4.69, 9.17) is 4.74 Å². The van der Waals surface area contributed by atoms with Gasteiger partial charge in [-0.1, -0.05) is 30.3 Å². The lowest BCUT2D eigenvalue weighted by Crippen LogP contribution is -2.39. The lowest BCUT2D eigenvalue weighted by atomic mass is 9.91. The molecule has 4 rings (SSSR count). The van der Waals surface area contributed by atoms with Crippen LogP contribution in [-0.2, 0) is 4.74 Å². The van der Waals surface area contributed by atoms with Gasteiger partial charge in [-0.3, -0.25) is 5.10 Å². The van der Waals surface area contributed by atoms with Crippen molar-refractivity contribution >= 4 is 16.9 Å². The number of fused-ring (bicyclic) bond motifs is 1. The third-order valence-corrected chi connectivity index (χ3v) is 4.92. The summed E-state index contributed by atoms with van der Waals surface area (Å²) < 4.78 is 34.3. The summed E-state index contributed by atoms with van der Waals surface area (Å²) in [6.07, 6.45) is 1.64. The van der Waals surface area contributed by atoms with Gasteiger partial charge >= 0.3 is 0 Å². The predicted octanol–water partition coefficient (Wildman–Crippen LogP) is 3.75. The van der Waals surface area contributed by atoms with Crippen LogP contribution in [0.15, 0.2) is 42.9 Å². The van der Waals surface area contributed by atoms with Gasteiger partial charge in [0.05, 0.1) is 24.3 Å². The third kappa shape index (κ3) is 4.05. The van der Waals surface area contributed by atoms with Crippen LogP contribution in [-0.4, -0.2) is 45.1 Å². The first kappa shape index (κ1) is 17.8. The Kier molecular flexibility index (Phi) is 5.24. The second-order valence-corrected chi connectivity index (χ2v) is 6.77. The van der Waals surface area contributed by atoms with Gasteiger partial charge in [-0.2, -0.15) is 5.10 Å². The van der Waals surface area contributed by atoms with Crippen LogP contribution < -0.4 is 5.32 Å². The fourth-order valence-electron chi connectivity index (χ4n) is 3.45. The molecule has 0 radical (unpaired) electrons. The van der Waals surface area contributed by atoms with E-state index < -0.39 is 18.4 Å². The minimum absolute atomic E-state index is 0.0665. The standard InChI is InChI=1S/C19H21F2N5O/c20-15-8-13(25-18-14-9-24-26-19(14)23-11-22-18)6-7-17(15)27-10-16(21)12-4-2-1-3-5-12/h1-5,9,11,13,15-17H,6-8,10H2,(H2,22,23,24,25,26)/t13-,15-,16+,17-/m1/s1. The summed E-state index contributed by atoms with van der Waals surface area (Å²) >= 11 is 0. The average Bonchev–Trinajstić information content (AvgIpc) is 3.18. The van der Waals surface area contributed by atoms with Crippen molar-refractivity contribution in [1.82, 2.24) is 20.2 Å². The van der Waals surface area contributed by atoms with Crippen LogP contribution in [0.4, 0.5) is 14.6 Å². The molecule has 0 amide bonds. The largest absolute Gasteiger partial charge is 0.372 e. The van der Waals surface area contributed by atoms with Crippen LogP contribution in [0, 0.1) is 0 Å². The van der Waals surface area contributed by atoms with Crippen LogP contribution in [0.1, 0.15) is 31.0 Å². The van der Waals surface area contributed by atoms with Crippen molar-refractivity contribution in [2.45, 2.75) is 43.8 Å². The predicted molar refractivity (Wildman–Crippen MR) is 97.9 cm³/mol. The van der Waals surface area contributed by atoms with Gasteiger partial charge in [0.1, 0.15) is 24.5 Å². The van der Waals surface area contributed by atoms with Crippen molar-refractivity contribution in [3.8, 4) is 0 Å². The Labute approximate surface area is 155 Å². The quantitative estimate of drug-likeness (QED) is 0.688. The molecule has 2 aromatic heterocycles. The Bertz CT molecular complexity index is 875. The highest BCUT2D eigenvalue weighted by molar-refractivity contribution is 5.85. The minimum Gasteiger partial charge on any atom is -0.372 e. The number of anilines is 1. The molecule has 6 nitrogen and oxygen atoms in total. The topological polar surface area (TPSA) is 75.7 Å². The zero-order chi connectivity index (χ0) is 18.6. The number of hydrogen-bond acceptors (Lipinski definition) is 5. The van der Waals surface area contributed by atoms with Crippen LogP contribution in [0.5, 0.6) is 0 Å². The van der Waals surface area contributed by atoms with Gasteiger partial charge in [-0.25, -0.2) is 18.7 Å². The van der Waals surface area contributed by atoms with Gasteiger partial charge in [0.15, 0.2) is 5.65 Å². The van der Waals surface area contributed by atoms with E-state index in [1.807, 2.05) is 6.07 Å². The summed E-state index contributed by atoms with van der Waals surface area (Å²) in [7, 11) is 0. The summed E-state index contributed by atoms with van der Waals surface area (Å²) in [5.74, 6) is 0.637. The maximum absolute atomic E-state index is 14.6. The summed E-state index contributed by atoms with van der Waals surface area (Å²) in [5, 5.41) is 10.8. The Morgan fingerprint density at radius 3 is 2.89 bits per heavy atom. The Morgan fingerprint density at radius 1 is 1.22 bits per heavy atom. The fraction of sp³-hybridized carbons (Fsp3) is 0.421. The van der Waals surface area contributed by atoms with E-state index in [1.54, 1.807) is 30.5 Å². The van der Waals surface area contributed by atoms with Gasteiger partial charge in [0.2, 0.25) is 0 Å². The molecule has 1 aliphatic rings. The zero-order valence-corrected chi connectivity index (χ0v) is 14.7. The van der Waals surface area contributed by atoms with Crippen molar-refractivity contribution in [3.05, 3.63) is 48.4 Å². The number of nitrogens with zero attached hydrogens (tertiary/aromatic N) is 3. The normalized spacial score (nSPS) is 24.0. The van der Waals surface area contributed by atoms with Gasteiger partial charge in [0.25, 0.3) is 0 Å². The number of hydrogen-bond donors (Lipinski definition) is 2. The maximum Gasteiger partial charge on any atom is 0.160 e. The molecule has 0 aliphatic heterocycles. The van der Waals surface area contributed by atoms with E-state index in [0.29, 0.717) is 23.4 Å². The average molecular weight is 373 g/mol. The Hall–Kier alpha value is -2.61. The molecule has 0 bridgehead atoms. The summed E-state index contributed by atoms with van der Waals surface area (Å²) in [5.41, 5.74) is 1.19. The molecule has 1 aromatic carbocycles. The molecule has 0 spiro atoms. The van der Waals surface area contributed by atoms with Crippen LogP contribution >= 0.6 is 0 Å². The van der Waals surface area contributed by atoms with E-state index in [9.17, 15) is 8.78 Å². The highest BCUT2D eigenvalue weighted by atomic mass is 19.1. The highest BCUT2D eigenvalue weighted by Crippen LogP contribution is 2.29. The van der Waals surface area contributed by atoms with Gasteiger partial charge in [-0.05, 0) is 18.4 Å². The first-order chi connectivity index (χ1) is 13.2. The van der Waals surface area contributed by atoms with E-state index in [2.05, 4.69) is 25.5 Å². The van der Waals surface area contributed by atoms with Gasteiger partial charge in [0, 0.05) is 12.5 Å². The number of alkyl halides is 2. The van der Waals surface area contributed by atoms with Crippen molar-refractivity contribution in [3.63, 3.8) is 0 Å². The van der Waals surface area contributed by atoms with E-state index >= 15 is 0 Å². The van der Waals surface area contributed by atoms with Gasteiger partial charge < -0.3 is 10.1 Å². The molecule has 2 heterocycles. The summed E-state index contributed by atoms with van der Waals surface area (Å²) in [4.78, 5) is 8.31. The molecule has 142 valence electrons. The van der Waals surface area contributed by atoms with E-state index in [1.165, 1.54) is 6.33 Å². The second kappa shape index (κ2) is 7.96. The van der Waals surface area contributed by atoms with Crippen LogP contribution in [0.3, 0.4) is 0 Å². The molecule has 27 heavy (non-hydrogen) atoms. The summed E-state index contributed by atoms with van der Waals surface area (Å²) in [6.45, 7) is -0.130. The smallest absolute Gasteiger partial charge is 0.160 e. The molecule has 1 saturated carbocycles. The molecular weight excluding hydrogens is 352 g/mol. The SMILES string of the molecule is F[C@@H]1C[C@H](Nc2ncnc3[nH]ncc23)CC[C@H]1OC[C@H](F)c1ccccc1. The number of nitrogens with one attached hydrogen (secondary N) is 2. The van der Waals surface area contributed by atoms with E-state index in [-0.39, 0.29) is 19.1 Å².